The molecule has 15 heteroatoms. The Morgan fingerprint density at radius 2 is 1.68 bits per heavy atom. The summed E-state index contributed by atoms with van der Waals surface area (Å²) in [6, 6.07) is 22.6. The zero-order valence-electron chi connectivity index (χ0n) is 31.0. The number of imide groups is 2. The van der Waals surface area contributed by atoms with Crippen LogP contribution in [0.3, 0.4) is 0 Å². The van der Waals surface area contributed by atoms with Gasteiger partial charge in [0.05, 0.1) is 40.5 Å². The second kappa shape index (κ2) is 13.9. The maximum atomic E-state index is 15.4. The lowest BCUT2D eigenvalue weighted by Crippen LogP contribution is -2.53. The molecule has 4 amide bonds. The molecular formula is C42H37ClF3N5O6. The van der Waals surface area contributed by atoms with Crippen molar-refractivity contribution in [1.82, 2.24) is 15.0 Å². The summed E-state index contributed by atoms with van der Waals surface area (Å²) in [5, 5.41) is 13.3. The van der Waals surface area contributed by atoms with Gasteiger partial charge in [-0.15, -0.1) is 0 Å². The summed E-state index contributed by atoms with van der Waals surface area (Å²) in [6.45, 7) is 3.89. The number of nitrogens with one attached hydrogen (secondary N) is 1. The van der Waals surface area contributed by atoms with Crippen LogP contribution in [-0.2, 0) is 30.8 Å². The maximum Gasteiger partial charge on any atom is 0.433 e. The molecule has 2 aliphatic carbocycles. The number of hydrazine groups is 2. The van der Waals surface area contributed by atoms with E-state index in [0.29, 0.717) is 28.5 Å². The van der Waals surface area contributed by atoms with Crippen molar-refractivity contribution in [1.29, 1.82) is 0 Å². The Balaban J connectivity index is 1.28. The monoisotopic (exact) mass is 799 g/mol. The van der Waals surface area contributed by atoms with Gasteiger partial charge in [0, 0.05) is 13.0 Å². The molecular weight excluding hydrogens is 763 g/mol. The molecule has 1 aromatic heterocycles. The third-order valence-electron chi connectivity index (χ3n) is 11.7. The van der Waals surface area contributed by atoms with Crippen LogP contribution in [0.4, 0.5) is 24.7 Å². The SMILES string of the molecule is CCOc1cc(C2C3=CCC4C(=O)N(N(C)c5nc(C(F)(F)F)ccc5Cl)C(=O)C4C3CC3C(=O)N(Nc4ccc(C)cc4)C(=O)C32c2ccccc2)ccc1O. The lowest BCUT2D eigenvalue weighted by molar-refractivity contribution is -0.142. The highest BCUT2D eigenvalue weighted by Gasteiger charge is 2.70. The molecule has 57 heavy (non-hydrogen) atoms. The van der Waals surface area contributed by atoms with Crippen molar-refractivity contribution in [3.63, 3.8) is 0 Å². The van der Waals surface area contributed by atoms with Crippen LogP contribution in [0.1, 0.15) is 48.1 Å². The van der Waals surface area contributed by atoms with Crippen molar-refractivity contribution in [2.45, 2.75) is 44.2 Å². The number of alkyl halides is 3. The zero-order chi connectivity index (χ0) is 40.6. The van der Waals surface area contributed by atoms with Gasteiger partial charge in [-0.05, 0) is 80.1 Å². The molecule has 2 saturated heterocycles. The summed E-state index contributed by atoms with van der Waals surface area (Å²) in [6.07, 6.45) is -2.92. The number of allylic oxidation sites excluding steroid dienone is 2. The Bertz CT molecular complexity index is 2340. The van der Waals surface area contributed by atoms with E-state index in [-0.39, 0.29) is 36.0 Å². The number of halogens is 4. The molecule has 8 rings (SSSR count). The minimum Gasteiger partial charge on any atom is -0.504 e. The van der Waals surface area contributed by atoms with Crippen molar-refractivity contribution >= 4 is 46.7 Å². The fraction of sp³-hybridized carbons (Fsp3) is 0.310. The zero-order valence-corrected chi connectivity index (χ0v) is 31.7. The molecule has 3 aromatic carbocycles. The summed E-state index contributed by atoms with van der Waals surface area (Å²) in [5.74, 6) is -7.55. The van der Waals surface area contributed by atoms with Gasteiger partial charge < -0.3 is 9.84 Å². The number of rotatable bonds is 8. The van der Waals surface area contributed by atoms with E-state index in [0.717, 1.165) is 26.7 Å². The average Bonchev–Trinajstić information content (AvgIpc) is 3.57. The van der Waals surface area contributed by atoms with Gasteiger partial charge in [-0.25, -0.2) is 4.98 Å². The van der Waals surface area contributed by atoms with Crippen LogP contribution in [-0.4, -0.2) is 57.4 Å². The maximum absolute atomic E-state index is 15.4. The Labute approximate surface area is 330 Å². The molecule has 294 valence electrons. The highest BCUT2D eigenvalue weighted by molar-refractivity contribution is 6.33. The average molecular weight is 800 g/mol. The number of benzene rings is 3. The predicted octanol–water partition coefficient (Wildman–Crippen LogP) is 7.20. The highest BCUT2D eigenvalue weighted by atomic mass is 35.5. The largest absolute Gasteiger partial charge is 0.504 e. The molecule has 11 nitrogen and oxygen atoms in total. The van der Waals surface area contributed by atoms with Crippen molar-refractivity contribution in [3.05, 3.63) is 124 Å². The molecule has 1 saturated carbocycles. The minimum absolute atomic E-state index is 0.00934. The highest BCUT2D eigenvalue weighted by Crippen LogP contribution is 2.64. The van der Waals surface area contributed by atoms with Gasteiger partial charge in [-0.3, -0.25) is 29.6 Å². The van der Waals surface area contributed by atoms with Crippen LogP contribution in [0.2, 0.25) is 5.02 Å². The second-order valence-electron chi connectivity index (χ2n) is 14.8. The first-order chi connectivity index (χ1) is 27.2. The van der Waals surface area contributed by atoms with Crippen LogP contribution in [0.5, 0.6) is 11.5 Å². The van der Waals surface area contributed by atoms with Gasteiger partial charge in [0.25, 0.3) is 23.6 Å². The topological polar surface area (TPSA) is 132 Å². The van der Waals surface area contributed by atoms with Crippen LogP contribution >= 0.6 is 11.6 Å². The van der Waals surface area contributed by atoms with E-state index in [9.17, 15) is 32.7 Å². The number of phenols is 1. The number of aryl methyl sites for hydroxylation is 1. The fourth-order valence-electron chi connectivity index (χ4n) is 9.29. The summed E-state index contributed by atoms with van der Waals surface area (Å²) in [7, 11) is 1.25. The Morgan fingerprint density at radius 1 is 0.965 bits per heavy atom. The summed E-state index contributed by atoms with van der Waals surface area (Å²) < 4.78 is 46.9. The van der Waals surface area contributed by atoms with Gasteiger partial charge >= 0.3 is 6.18 Å². The van der Waals surface area contributed by atoms with Crippen molar-refractivity contribution in [2.75, 3.05) is 24.1 Å². The van der Waals surface area contributed by atoms with E-state index in [1.54, 1.807) is 61.5 Å². The Morgan fingerprint density at radius 3 is 2.37 bits per heavy atom. The van der Waals surface area contributed by atoms with Crippen molar-refractivity contribution < 1.29 is 42.2 Å². The van der Waals surface area contributed by atoms with E-state index >= 15 is 4.79 Å². The lowest BCUT2D eigenvalue weighted by atomic mass is 9.49. The Kier molecular flexibility index (Phi) is 9.30. The molecule has 0 radical (unpaired) electrons. The molecule has 4 aliphatic rings. The van der Waals surface area contributed by atoms with Crippen molar-refractivity contribution in [3.8, 4) is 11.5 Å². The van der Waals surface area contributed by atoms with E-state index < -0.39 is 76.3 Å². The quantitative estimate of drug-likeness (QED) is 0.140. The number of fused-ring (bicyclic) bond motifs is 4. The predicted molar refractivity (Wildman–Crippen MR) is 203 cm³/mol. The first-order valence-corrected chi connectivity index (χ1v) is 18.8. The van der Waals surface area contributed by atoms with E-state index in [2.05, 4.69) is 10.4 Å². The van der Waals surface area contributed by atoms with Gasteiger partial charge in [0.15, 0.2) is 17.3 Å². The van der Waals surface area contributed by atoms with Gasteiger partial charge in [-0.2, -0.15) is 23.2 Å². The van der Waals surface area contributed by atoms with E-state index in [1.807, 2.05) is 25.1 Å². The number of aromatic nitrogens is 1. The normalized spacial score (nSPS) is 25.5. The van der Waals surface area contributed by atoms with Crippen LogP contribution in [0, 0.1) is 30.6 Å². The number of hydrogen-bond donors (Lipinski definition) is 2. The minimum atomic E-state index is -4.82. The lowest BCUT2D eigenvalue weighted by Gasteiger charge is -2.50. The number of hydrogen-bond acceptors (Lipinski definition) is 9. The second-order valence-corrected chi connectivity index (χ2v) is 15.2. The number of carbonyl (C=O) groups excluding carboxylic acids is 4. The van der Waals surface area contributed by atoms with Gasteiger partial charge in [0.1, 0.15) is 5.69 Å². The number of phenolic OH excluding ortho intramolecular Hbond substituents is 1. The Hall–Kier alpha value is -5.89. The molecule has 2 N–H and O–H groups in total. The number of nitrogens with zero attached hydrogens (tertiary/aromatic N) is 4. The van der Waals surface area contributed by atoms with Gasteiger partial charge in [-0.1, -0.05) is 77.3 Å². The number of aromatic hydroxyl groups is 1. The summed E-state index contributed by atoms with van der Waals surface area (Å²) in [4.78, 5) is 62.8. The standard InChI is InChI=1S/C42H37ClF3N5O6/c1-4-57-32-20-23(12-18-31(32)52)35-26-15-16-27-34(39(55)51(37(27)53)49(3)36-30(43)17-19-33(47-36)42(44,45)46)28(26)21-29-38(54)50(48-25-13-10-22(2)11-14-25)40(56)41(29,35)24-8-6-5-7-9-24/h5-15,17-20,27-29,34-35,48,52H,4,16,21H2,1-3H3. The number of amides is 4. The molecule has 6 unspecified atom stereocenters. The number of carbonyl (C=O) groups is 4. The summed E-state index contributed by atoms with van der Waals surface area (Å²) >= 11 is 6.32. The van der Waals surface area contributed by atoms with E-state index in [1.165, 1.54) is 13.1 Å². The van der Waals surface area contributed by atoms with Crippen LogP contribution in [0.25, 0.3) is 0 Å². The molecule has 0 spiro atoms. The molecule has 2 aliphatic heterocycles. The molecule has 0 bridgehead atoms. The smallest absolute Gasteiger partial charge is 0.433 e. The molecule has 3 fully saturated rings. The molecule has 6 atom stereocenters. The fourth-order valence-corrected chi connectivity index (χ4v) is 9.52. The number of anilines is 2. The number of pyridine rings is 1. The summed E-state index contributed by atoms with van der Waals surface area (Å²) in [5.41, 5.74) is 3.43. The third-order valence-corrected chi connectivity index (χ3v) is 12.0. The molecule has 3 heterocycles. The number of ether oxygens (including phenoxy) is 1. The third kappa shape index (κ3) is 5.91. The van der Waals surface area contributed by atoms with E-state index in [4.69, 9.17) is 16.3 Å². The van der Waals surface area contributed by atoms with Crippen LogP contribution < -0.4 is 15.2 Å². The van der Waals surface area contributed by atoms with Gasteiger partial charge in [0.2, 0.25) is 0 Å². The first-order valence-electron chi connectivity index (χ1n) is 18.5. The first kappa shape index (κ1) is 38.0. The van der Waals surface area contributed by atoms with Crippen molar-refractivity contribution in [2.24, 2.45) is 23.7 Å². The molecule has 4 aromatic rings. The van der Waals surface area contributed by atoms with Crippen LogP contribution in [0.15, 0.2) is 96.6 Å².